The van der Waals surface area contributed by atoms with Gasteiger partial charge < -0.3 is 5.11 Å². The largest absolute Gasteiger partial charge is 0.494 e. The topological polar surface area (TPSA) is 75.1 Å². The predicted octanol–water partition coefficient (Wildman–Crippen LogP) is 0.132. The Morgan fingerprint density at radius 3 is 2.38 bits per heavy atom. The molecular weight excluding hydrogens is 172 g/mol. The Kier molecular flexibility index (Phi) is 2.27. The van der Waals surface area contributed by atoms with Crippen LogP contribution in [-0.2, 0) is 0 Å². The molecule has 0 atom stereocenters. The molecule has 0 aliphatic carbocycles. The van der Waals surface area contributed by atoms with E-state index in [4.69, 9.17) is 0 Å². The number of aromatic amines is 1. The lowest BCUT2D eigenvalue weighted by molar-refractivity contribution is 0.377. The van der Waals surface area contributed by atoms with Crippen molar-refractivity contribution in [1.82, 2.24) is 9.55 Å². The van der Waals surface area contributed by atoms with E-state index in [-0.39, 0.29) is 17.5 Å². The van der Waals surface area contributed by atoms with Crippen LogP contribution in [0.1, 0.15) is 25.5 Å². The van der Waals surface area contributed by atoms with E-state index < -0.39 is 11.2 Å². The summed E-state index contributed by atoms with van der Waals surface area (Å²) >= 11 is 0. The summed E-state index contributed by atoms with van der Waals surface area (Å²) in [5.74, 6) is -0.260. The van der Waals surface area contributed by atoms with Crippen molar-refractivity contribution in [2.45, 2.75) is 26.8 Å². The molecule has 1 rings (SSSR count). The van der Waals surface area contributed by atoms with Gasteiger partial charge in [0.2, 0.25) is 5.88 Å². The number of aromatic nitrogens is 2. The summed E-state index contributed by atoms with van der Waals surface area (Å²) in [6, 6.07) is -0.178. The molecule has 0 aliphatic heterocycles. The SMILES string of the molecule is Cc1c(O)n(C(C)C)c(=O)[nH]c1=O. The lowest BCUT2D eigenvalue weighted by atomic mass is 10.3. The molecule has 5 heteroatoms. The molecule has 0 fully saturated rings. The van der Waals surface area contributed by atoms with Gasteiger partial charge in [-0.2, -0.15) is 0 Å². The van der Waals surface area contributed by atoms with Crippen LogP contribution in [0.15, 0.2) is 9.59 Å². The average Bonchev–Trinajstić information content (AvgIpc) is 1.99. The lowest BCUT2D eigenvalue weighted by Crippen LogP contribution is -2.32. The van der Waals surface area contributed by atoms with Gasteiger partial charge in [-0.3, -0.25) is 14.3 Å². The fourth-order valence-electron chi connectivity index (χ4n) is 1.11. The quantitative estimate of drug-likeness (QED) is 0.651. The van der Waals surface area contributed by atoms with Gasteiger partial charge in [-0.1, -0.05) is 0 Å². The zero-order valence-corrected chi connectivity index (χ0v) is 7.79. The molecule has 0 unspecified atom stereocenters. The van der Waals surface area contributed by atoms with Crippen LogP contribution in [0.25, 0.3) is 0 Å². The van der Waals surface area contributed by atoms with E-state index >= 15 is 0 Å². The monoisotopic (exact) mass is 184 g/mol. The highest BCUT2D eigenvalue weighted by molar-refractivity contribution is 5.20. The second-order valence-corrected chi connectivity index (χ2v) is 3.17. The van der Waals surface area contributed by atoms with Crippen molar-refractivity contribution in [3.05, 3.63) is 26.4 Å². The molecule has 0 aliphatic rings. The number of rotatable bonds is 1. The summed E-state index contributed by atoms with van der Waals surface area (Å²) in [5, 5.41) is 9.47. The molecule has 0 radical (unpaired) electrons. The maximum absolute atomic E-state index is 11.2. The van der Waals surface area contributed by atoms with Crippen molar-refractivity contribution < 1.29 is 5.11 Å². The number of hydrogen-bond donors (Lipinski definition) is 2. The van der Waals surface area contributed by atoms with Gasteiger partial charge in [0.1, 0.15) is 0 Å². The third-order valence-corrected chi connectivity index (χ3v) is 1.86. The zero-order chi connectivity index (χ0) is 10.2. The molecule has 0 saturated heterocycles. The number of H-pyrrole nitrogens is 1. The first-order chi connectivity index (χ1) is 5.95. The summed E-state index contributed by atoms with van der Waals surface area (Å²) < 4.78 is 1.14. The standard InChI is InChI=1S/C8H12N2O3/c1-4(2)10-7(12)5(3)6(11)9-8(10)13/h4,12H,1-3H3,(H,9,11,13). The Morgan fingerprint density at radius 1 is 1.38 bits per heavy atom. The van der Waals surface area contributed by atoms with Crippen LogP contribution in [0, 0.1) is 6.92 Å². The third kappa shape index (κ3) is 1.49. The predicted molar refractivity (Wildman–Crippen MR) is 48.1 cm³/mol. The molecule has 1 aromatic rings. The van der Waals surface area contributed by atoms with E-state index in [0.717, 1.165) is 4.57 Å². The highest BCUT2D eigenvalue weighted by atomic mass is 16.3. The van der Waals surface area contributed by atoms with Gasteiger partial charge in [0.25, 0.3) is 5.56 Å². The van der Waals surface area contributed by atoms with Crippen LogP contribution in [0.3, 0.4) is 0 Å². The van der Waals surface area contributed by atoms with Crippen LogP contribution in [0.4, 0.5) is 0 Å². The Balaban J connectivity index is 3.63. The fourth-order valence-corrected chi connectivity index (χ4v) is 1.11. The summed E-state index contributed by atoms with van der Waals surface area (Å²) in [7, 11) is 0. The molecule has 0 bridgehead atoms. The minimum atomic E-state index is -0.580. The van der Waals surface area contributed by atoms with E-state index in [9.17, 15) is 14.7 Å². The molecule has 1 heterocycles. The number of aromatic hydroxyl groups is 1. The van der Waals surface area contributed by atoms with Crippen molar-refractivity contribution in [1.29, 1.82) is 0 Å². The number of nitrogens with one attached hydrogen (secondary N) is 1. The number of nitrogens with zero attached hydrogens (tertiary/aromatic N) is 1. The first-order valence-electron chi connectivity index (χ1n) is 3.99. The minimum Gasteiger partial charge on any atom is -0.494 e. The molecule has 0 aromatic carbocycles. The summed E-state index contributed by atoms with van der Waals surface area (Å²) in [6.45, 7) is 4.96. The highest BCUT2D eigenvalue weighted by Gasteiger charge is 2.11. The van der Waals surface area contributed by atoms with Crippen LogP contribution in [0.2, 0.25) is 0 Å². The maximum Gasteiger partial charge on any atom is 0.331 e. The maximum atomic E-state index is 11.2. The molecule has 2 N–H and O–H groups in total. The molecule has 0 spiro atoms. The van der Waals surface area contributed by atoms with Gasteiger partial charge in [-0.15, -0.1) is 0 Å². The first-order valence-corrected chi connectivity index (χ1v) is 3.99. The Morgan fingerprint density at radius 2 is 1.92 bits per heavy atom. The lowest BCUT2D eigenvalue weighted by Gasteiger charge is -2.12. The minimum absolute atomic E-state index is 0.160. The molecule has 5 nitrogen and oxygen atoms in total. The van der Waals surface area contributed by atoms with Crippen molar-refractivity contribution in [3.63, 3.8) is 0 Å². The molecule has 0 saturated carbocycles. The molecule has 1 aromatic heterocycles. The van der Waals surface area contributed by atoms with E-state index in [1.807, 2.05) is 0 Å². The van der Waals surface area contributed by atoms with Crippen LogP contribution in [-0.4, -0.2) is 14.7 Å². The second kappa shape index (κ2) is 3.08. The Hall–Kier alpha value is -1.52. The van der Waals surface area contributed by atoms with Crippen molar-refractivity contribution in [3.8, 4) is 5.88 Å². The van der Waals surface area contributed by atoms with Gasteiger partial charge >= 0.3 is 5.69 Å². The Bertz CT molecular complexity index is 428. The van der Waals surface area contributed by atoms with Gasteiger partial charge in [0.05, 0.1) is 5.56 Å². The van der Waals surface area contributed by atoms with E-state index in [0.29, 0.717) is 0 Å². The third-order valence-electron chi connectivity index (χ3n) is 1.86. The normalized spacial score (nSPS) is 10.8. The van der Waals surface area contributed by atoms with E-state index in [1.165, 1.54) is 6.92 Å². The highest BCUT2D eigenvalue weighted by Crippen LogP contribution is 2.13. The van der Waals surface area contributed by atoms with Gasteiger partial charge in [0.15, 0.2) is 0 Å². The summed E-state index contributed by atoms with van der Waals surface area (Å²) in [5.41, 5.74) is -0.962. The van der Waals surface area contributed by atoms with Crippen LogP contribution in [0.5, 0.6) is 5.88 Å². The first kappa shape index (κ1) is 9.57. The van der Waals surface area contributed by atoms with Gasteiger partial charge in [-0.05, 0) is 20.8 Å². The van der Waals surface area contributed by atoms with E-state index in [1.54, 1.807) is 13.8 Å². The van der Waals surface area contributed by atoms with Crippen molar-refractivity contribution >= 4 is 0 Å². The Labute approximate surface area is 74.7 Å². The van der Waals surface area contributed by atoms with Crippen LogP contribution >= 0.6 is 0 Å². The van der Waals surface area contributed by atoms with E-state index in [2.05, 4.69) is 4.98 Å². The van der Waals surface area contributed by atoms with Gasteiger partial charge in [-0.25, -0.2) is 4.79 Å². The zero-order valence-electron chi connectivity index (χ0n) is 7.79. The molecule has 72 valence electrons. The van der Waals surface area contributed by atoms with Crippen molar-refractivity contribution in [2.24, 2.45) is 0 Å². The average molecular weight is 184 g/mol. The summed E-state index contributed by atoms with van der Waals surface area (Å²) in [6.07, 6.45) is 0. The van der Waals surface area contributed by atoms with Gasteiger partial charge in [0, 0.05) is 6.04 Å². The number of hydrogen-bond acceptors (Lipinski definition) is 3. The fraction of sp³-hybridized carbons (Fsp3) is 0.500. The van der Waals surface area contributed by atoms with Crippen molar-refractivity contribution in [2.75, 3.05) is 0 Å². The molecule has 13 heavy (non-hydrogen) atoms. The molecular formula is C8H12N2O3. The van der Waals surface area contributed by atoms with Crippen LogP contribution < -0.4 is 11.2 Å². The smallest absolute Gasteiger partial charge is 0.331 e. The summed E-state index contributed by atoms with van der Waals surface area (Å²) in [4.78, 5) is 24.3. The second-order valence-electron chi connectivity index (χ2n) is 3.17. The molecule has 0 amide bonds.